The number of aromatic nitrogens is 1. The first-order valence-corrected chi connectivity index (χ1v) is 9.46. The Kier molecular flexibility index (Phi) is 5.35. The van der Waals surface area contributed by atoms with Gasteiger partial charge < -0.3 is 24.4 Å². The fourth-order valence-electron chi connectivity index (χ4n) is 3.88. The minimum Gasteiger partial charge on any atom is -0.493 e. The molecule has 2 aromatic rings. The summed E-state index contributed by atoms with van der Waals surface area (Å²) in [6, 6.07) is 6.99. The number of fused-ring (bicyclic) bond motifs is 2. The van der Waals surface area contributed by atoms with Gasteiger partial charge in [0.2, 0.25) is 5.91 Å². The molecule has 1 aromatic heterocycles. The Hall–Kier alpha value is -3.13. The standard InChI is InChI=1S/C21H23N3O5/c1-27-18-8-14(21(26)24-11-16-9-15(24)12-29-16)7-17(20(18)28-2)23-19(25)6-13-4-3-5-22-10-13/h3-5,7-8,10,15-16H,6,9,11-12H2,1-2H3,(H,23,25)/t15-,16-/m0/s1. The second-order valence-electron chi connectivity index (χ2n) is 7.15. The number of hydrogen-bond acceptors (Lipinski definition) is 6. The Bertz CT molecular complexity index is 918. The molecule has 4 rings (SSSR count). The maximum absolute atomic E-state index is 13.1. The molecule has 8 nitrogen and oxygen atoms in total. The third-order valence-electron chi connectivity index (χ3n) is 5.25. The number of methoxy groups -OCH3 is 2. The lowest BCUT2D eigenvalue weighted by atomic mass is 10.1. The van der Waals surface area contributed by atoms with Crippen molar-refractivity contribution in [3.05, 3.63) is 47.8 Å². The first-order chi connectivity index (χ1) is 14.1. The Morgan fingerprint density at radius 1 is 1.31 bits per heavy atom. The highest BCUT2D eigenvalue weighted by atomic mass is 16.5. The van der Waals surface area contributed by atoms with Gasteiger partial charge in [-0.3, -0.25) is 14.6 Å². The summed E-state index contributed by atoms with van der Waals surface area (Å²) in [5.41, 5.74) is 1.62. The molecule has 8 heteroatoms. The number of pyridine rings is 1. The number of rotatable bonds is 6. The number of nitrogens with zero attached hydrogens (tertiary/aromatic N) is 2. The van der Waals surface area contributed by atoms with Crippen LogP contribution in [0.5, 0.6) is 11.5 Å². The molecule has 2 bridgehead atoms. The summed E-state index contributed by atoms with van der Waals surface area (Å²) < 4.78 is 16.4. The highest BCUT2D eigenvalue weighted by Gasteiger charge is 2.41. The zero-order valence-electron chi connectivity index (χ0n) is 16.4. The molecule has 0 saturated carbocycles. The van der Waals surface area contributed by atoms with Crippen molar-refractivity contribution >= 4 is 17.5 Å². The number of ether oxygens (including phenoxy) is 3. The summed E-state index contributed by atoms with van der Waals surface area (Å²) in [6.07, 6.45) is 4.43. The van der Waals surface area contributed by atoms with E-state index in [1.54, 1.807) is 30.6 Å². The van der Waals surface area contributed by atoms with Gasteiger partial charge in [0.05, 0.1) is 45.1 Å². The minimum absolute atomic E-state index is 0.101. The summed E-state index contributed by atoms with van der Waals surface area (Å²) in [5.74, 6) is 0.409. The van der Waals surface area contributed by atoms with Crippen molar-refractivity contribution in [2.24, 2.45) is 0 Å². The molecule has 2 aliphatic heterocycles. The second-order valence-corrected chi connectivity index (χ2v) is 7.15. The highest BCUT2D eigenvalue weighted by molar-refractivity contribution is 6.00. The van der Waals surface area contributed by atoms with Crippen molar-refractivity contribution in [2.45, 2.75) is 25.0 Å². The fraction of sp³-hybridized carbons (Fsp3) is 0.381. The second kappa shape index (κ2) is 8.08. The van der Waals surface area contributed by atoms with Crippen molar-refractivity contribution in [1.29, 1.82) is 0 Å². The average Bonchev–Trinajstić information content (AvgIpc) is 3.37. The predicted molar refractivity (Wildman–Crippen MR) is 105 cm³/mol. The van der Waals surface area contributed by atoms with Crippen molar-refractivity contribution in [1.82, 2.24) is 9.88 Å². The summed E-state index contributed by atoms with van der Waals surface area (Å²) >= 11 is 0. The first-order valence-electron chi connectivity index (χ1n) is 9.46. The van der Waals surface area contributed by atoms with E-state index in [2.05, 4.69) is 10.3 Å². The fourth-order valence-corrected chi connectivity index (χ4v) is 3.88. The Labute approximate surface area is 168 Å². The maximum atomic E-state index is 13.1. The minimum atomic E-state index is -0.239. The van der Waals surface area contributed by atoms with Crippen LogP contribution >= 0.6 is 0 Å². The van der Waals surface area contributed by atoms with Crippen molar-refractivity contribution in [3.63, 3.8) is 0 Å². The lowest BCUT2D eigenvalue weighted by molar-refractivity contribution is -0.115. The number of carbonyl (C=O) groups excluding carboxylic acids is 2. The zero-order chi connectivity index (χ0) is 20.4. The summed E-state index contributed by atoms with van der Waals surface area (Å²) in [7, 11) is 2.99. The van der Waals surface area contributed by atoms with E-state index in [0.29, 0.717) is 35.9 Å². The van der Waals surface area contributed by atoms with Gasteiger partial charge in [0, 0.05) is 24.5 Å². The van der Waals surface area contributed by atoms with E-state index < -0.39 is 0 Å². The predicted octanol–water partition coefficient (Wildman–Crippen LogP) is 1.89. The molecular formula is C21H23N3O5. The molecule has 2 aliphatic rings. The van der Waals surface area contributed by atoms with Gasteiger partial charge >= 0.3 is 0 Å². The third-order valence-corrected chi connectivity index (χ3v) is 5.25. The number of benzene rings is 1. The van der Waals surface area contributed by atoms with Crippen LogP contribution in [0.2, 0.25) is 0 Å². The van der Waals surface area contributed by atoms with Gasteiger partial charge in [0.25, 0.3) is 5.91 Å². The molecule has 0 radical (unpaired) electrons. The van der Waals surface area contributed by atoms with Gasteiger partial charge in [0.15, 0.2) is 11.5 Å². The Morgan fingerprint density at radius 3 is 2.79 bits per heavy atom. The molecule has 0 unspecified atom stereocenters. The van der Waals surface area contributed by atoms with E-state index in [1.165, 1.54) is 14.2 Å². The smallest absolute Gasteiger partial charge is 0.254 e. The van der Waals surface area contributed by atoms with E-state index in [0.717, 1.165) is 12.0 Å². The third kappa shape index (κ3) is 3.88. The maximum Gasteiger partial charge on any atom is 0.254 e. The van der Waals surface area contributed by atoms with Crippen molar-refractivity contribution in [2.75, 3.05) is 32.7 Å². The van der Waals surface area contributed by atoms with Crippen molar-refractivity contribution in [3.8, 4) is 11.5 Å². The zero-order valence-corrected chi connectivity index (χ0v) is 16.4. The van der Waals surface area contributed by atoms with Gasteiger partial charge in [-0.1, -0.05) is 6.07 Å². The molecule has 2 saturated heterocycles. The Morgan fingerprint density at radius 2 is 2.17 bits per heavy atom. The van der Waals surface area contributed by atoms with E-state index in [-0.39, 0.29) is 30.4 Å². The molecule has 0 spiro atoms. The van der Waals surface area contributed by atoms with Crippen LogP contribution in [-0.4, -0.2) is 61.2 Å². The van der Waals surface area contributed by atoms with Crippen LogP contribution in [0.4, 0.5) is 5.69 Å². The number of likely N-dealkylation sites (tertiary alicyclic amines) is 1. The van der Waals surface area contributed by atoms with Crippen LogP contribution in [0.25, 0.3) is 0 Å². The summed E-state index contributed by atoms with van der Waals surface area (Å²) in [5, 5.41) is 2.84. The first kappa shape index (κ1) is 19.2. The molecule has 0 aliphatic carbocycles. The average molecular weight is 397 g/mol. The number of carbonyl (C=O) groups is 2. The van der Waals surface area contributed by atoms with Gasteiger partial charge in [0.1, 0.15) is 0 Å². The number of nitrogens with one attached hydrogen (secondary N) is 1. The molecule has 152 valence electrons. The lowest BCUT2D eigenvalue weighted by Gasteiger charge is -2.27. The number of hydrogen-bond donors (Lipinski definition) is 1. The monoisotopic (exact) mass is 397 g/mol. The summed E-state index contributed by atoms with van der Waals surface area (Å²) in [4.78, 5) is 31.5. The van der Waals surface area contributed by atoms with Crippen LogP contribution in [0, 0.1) is 0 Å². The van der Waals surface area contributed by atoms with Crippen LogP contribution in [0.15, 0.2) is 36.7 Å². The quantitative estimate of drug-likeness (QED) is 0.801. The van der Waals surface area contributed by atoms with Gasteiger partial charge in [-0.25, -0.2) is 0 Å². The van der Waals surface area contributed by atoms with E-state index in [9.17, 15) is 9.59 Å². The van der Waals surface area contributed by atoms with Crippen LogP contribution in [-0.2, 0) is 16.0 Å². The van der Waals surface area contributed by atoms with E-state index in [1.807, 2.05) is 11.0 Å². The highest BCUT2D eigenvalue weighted by Crippen LogP contribution is 2.38. The largest absolute Gasteiger partial charge is 0.493 e. The number of anilines is 1. The van der Waals surface area contributed by atoms with E-state index in [4.69, 9.17) is 14.2 Å². The molecule has 2 fully saturated rings. The van der Waals surface area contributed by atoms with Crippen LogP contribution in [0.3, 0.4) is 0 Å². The van der Waals surface area contributed by atoms with E-state index >= 15 is 0 Å². The number of morpholine rings is 1. The number of amides is 2. The molecular weight excluding hydrogens is 374 g/mol. The Balaban J connectivity index is 1.59. The van der Waals surface area contributed by atoms with Gasteiger partial charge in [-0.15, -0.1) is 0 Å². The topological polar surface area (TPSA) is 90.0 Å². The molecule has 2 amide bonds. The summed E-state index contributed by atoms with van der Waals surface area (Å²) in [6.45, 7) is 1.15. The van der Waals surface area contributed by atoms with Crippen molar-refractivity contribution < 1.29 is 23.8 Å². The molecule has 3 heterocycles. The molecule has 1 N–H and O–H groups in total. The van der Waals surface area contributed by atoms with Crippen LogP contribution in [0.1, 0.15) is 22.3 Å². The SMILES string of the molecule is COc1cc(C(=O)N2C[C@@H]3C[C@H]2CO3)cc(NC(=O)Cc2cccnc2)c1OC. The molecule has 1 aromatic carbocycles. The normalized spacial score (nSPS) is 19.9. The molecule has 2 atom stereocenters. The van der Waals surface area contributed by atoms with Gasteiger partial charge in [-0.2, -0.15) is 0 Å². The van der Waals surface area contributed by atoms with Crippen LogP contribution < -0.4 is 14.8 Å². The van der Waals surface area contributed by atoms with Gasteiger partial charge in [-0.05, 0) is 30.2 Å². The lowest BCUT2D eigenvalue weighted by Crippen LogP contribution is -2.41. The molecule has 29 heavy (non-hydrogen) atoms.